The molecule has 0 saturated heterocycles. The molecule has 0 fully saturated rings. The van der Waals surface area contributed by atoms with E-state index in [1.807, 2.05) is 6.07 Å². The first-order valence-corrected chi connectivity index (χ1v) is 11.5. The monoisotopic (exact) mass is 499 g/mol. The van der Waals surface area contributed by atoms with E-state index in [9.17, 15) is 13.2 Å². The highest BCUT2D eigenvalue weighted by Gasteiger charge is 2.20. The third-order valence-corrected chi connectivity index (χ3v) is 6.63. The van der Waals surface area contributed by atoms with Gasteiger partial charge in [0.25, 0.3) is 15.6 Å². The molecule has 0 aliphatic rings. The Bertz CT molecular complexity index is 1450. The quantitative estimate of drug-likeness (QED) is 0.442. The van der Waals surface area contributed by atoms with Gasteiger partial charge in [-0.25, -0.2) is 13.4 Å². The number of nitrogens with one attached hydrogen (secondary N) is 1. The van der Waals surface area contributed by atoms with Gasteiger partial charge in [-0.1, -0.05) is 28.1 Å². The number of fused-ring (bicyclic) bond motifs is 1. The predicted molar refractivity (Wildman–Crippen MR) is 124 cm³/mol. The van der Waals surface area contributed by atoms with Crippen LogP contribution in [-0.2, 0) is 10.0 Å². The van der Waals surface area contributed by atoms with E-state index in [1.165, 1.54) is 17.7 Å². The summed E-state index contributed by atoms with van der Waals surface area (Å²) in [6.45, 7) is 1.75. The minimum atomic E-state index is -3.89. The van der Waals surface area contributed by atoms with Crippen molar-refractivity contribution < 1.29 is 13.2 Å². The van der Waals surface area contributed by atoms with Crippen LogP contribution in [0.2, 0.25) is 0 Å². The second-order valence-electron chi connectivity index (χ2n) is 6.76. The highest BCUT2D eigenvalue weighted by molar-refractivity contribution is 9.10. The molecule has 0 radical (unpaired) electrons. The number of ether oxygens (including phenoxy) is 1. The Kier molecular flexibility index (Phi) is 5.55. The van der Waals surface area contributed by atoms with Gasteiger partial charge < -0.3 is 4.74 Å². The van der Waals surface area contributed by atoms with Crippen molar-refractivity contribution in [2.24, 2.45) is 0 Å². The number of hydrogen-bond acceptors (Lipinski definition) is 5. The smallest absolute Gasteiger partial charge is 0.265 e. The number of halogens is 1. The standard InChI is InChI=1S/C22H18BrN3O4S/c1-14-24-19-6-4-3-5-18(19)22(27)26(14)17-10-8-16(9-11-17)25-31(28,29)21-13-15(23)7-12-20(21)30-2/h3-13,25H,1-2H3. The van der Waals surface area contributed by atoms with Crippen molar-refractivity contribution in [3.8, 4) is 11.4 Å². The highest BCUT2D eigenvalue weighted by atomic mass is 79.9. The summed E-state index contributed by atoms with van der Waals surface area (Å²) in [6.07, 6.45) is 0. The van der Waals surface area contributed by atoms with Crippen LogP contribution in [0.3, 0.4) is 0 Å². The summed E-state index contributed by atoms with van der Waals surface area (Å²) in [5.41, 5.74) is 1.39. The summed E-state index contributed by atoms with van der Waals surface area (Å²) >= 11 is 3.28. The minimum Gasteiger partial charge on any atom is -0.495 e. The lowest BCUT2D eigenvalue weighted by molar-refractivity contribution is 0.403. The summed E-state index contributed by atoms with van der Waals surface area (Å²) < 4.78 is 35.6. The second-order valence-corrected chi connectivity index (χ2v) is 9.33. The first-order chi connectivity index (χ1) is 14.8. The number of para-hydroxylation sites is 1. The predicted octanol–water partition coefficient (Wildman–Crippen LogP) is 4.27. The molecule has 0 atom stereocenters. The SMILES string of the molecule is COc1ccc(Br)cc1S(=O)(=O)Nc1ccc(-n2c(C)nc3ccccc3c2=O)cc1. The molecule has 9 heteroatoms. The molecule has 0 saturated carbocycles. The molecule has 0 spiro atoms. The van der Waals surface area contributed by atoms with Crippen molar-refractivity contribution in [2.45, 2.75) is 11.8 Å². The summed E-state index contributed by atoms with van der Waals surface area (Å²) in [5, 5.41) is 0.514. The molecule has 1 heterocycles. The maximum Gasteiger partial charge on any atom is 0.265 e. The van der Waals surface area contributed by atoms with Gasteiger partial charge in [0, 0.05) is 10.2 Å². The lowest BCUT2D eigenvalue weighted by atomic mass is 10.2. The van der Waals surface area contributed by atoms with Crippen molar-refractivity contribution in [2.75, 3.05) is 11.8 Å². The number of aryl methyl sites for hydroxylation is 1. The molecule has 0 bridgehead atoms. The maximum absolute atomic E-state index is 12.9. The number of anilines is 1. The van der Waals surface area contributed by atoms with E-state index >= 15 is 0 Å². The average Bonchev–Trinajstić information content (AvgIpc) is 2.75. The van der Waals surface area contributed by atoms with E-state index < -0.39 is 10.0 Å². The first-order valence-electron chi connectivity index (χ1n) is 9.25. The largest absolute Gasteiger partial charge is 0.495 e. The van der Waals surface area contributed by atoms with E-state index in [0.29, 0.717) is 32.6 Å². The average molecular weight is 500 g/mol. The van der Waals surface area contributed by atoms with Crippen LogP contribution in [-0.4, -0.2) is 25.1 Å². The summed E-state index contributed by atoms with van der Waals surface area (Å²) in [5.74, 6) is 0.771. The van der Waals surface area contributed by atoms with Gasteiger partial charge >= 0.3 is 0 Å². The Morgan fingerprint density at radius 1 is 1.03 bits per heavy atom. The zero-order valence-corrected chi connectivity index (χ0v) is 19.1. The molecule has 158 valence electrons. The number of benzene rings is 3. The topological polar surface area (TPSA) is 90.3 Å². The summed E-state index contributed by atoms with van der Waals surface area (Å²) in [7, 11) is -2.48. The van der Waals surface area contributed by atoms with E-state index in [4.69, 9.17) is 4.74 Å². The molecule has 0 aliphatic carbocycles. The summed E-state index contributed by atoms with van der Waals surface area (Å²) in [4.78, 5) is 17.5. The number of rotatable bonds is 5. The van der Waals surface area contributed by atoms with Crippen LogP contribution >= 0.6 is 15.9 Å². The zero-order valence-electron chi connectivity index (χ0n) is 16.7. The van der Waals surface area contributed by atoms with Gasteiger partial charge in [0.2, 0.25) is 0 Å². The molecule has 31 heavy (non-hydrogen) atoms. The minimum absolute atomic E-state index is 0.0132. The highest BCUT2D eigenvalue weighted by Crippen LogP contribution is 2.29. The van der Waals surface area contributed by atoms with Crippen molar-refractivity contribution in [1.29, 1.82) is 0 Å². The molecule has 7 nitrogen and oxygen atoms in total. The van der Waals surface area contributed by atoms with E-state index in [2.05, 4.69) is 25.6 Å². The van der Waals surface area contributed by atoms with Crippen molar-refractivity contribution in [3.63, 3.8) is 0 Å². The molecule has 1 aromatic heterocycles. The molecule has 4 aromatic rings. The zero-order chi connectivity index (χ0) is 22.2. The van der Waals surface area contributed by atoms with Crippen LogP contribution in [0.25, 0.3) is 16.6 Å². The molecule has 1 N–H and O–H groups in total. The van der Waals surface area contributed by atoms with Crippen molar-refractivity contribution in [3.05, 3.63) is 87.4 Å². The number of hydrogen-bond donors (Lipinski definition) is 1. The third-order valence-electron chi connectivity index (χ3n) is 4.74. The number of sulfonamides is 1. The first kappa shape index (κ1) is 21.1. The van der Waals surface area contributed by atoms with Gasteiger partial charge in [-0.3, -0.25) is 14.1 Å². The van der Waals surface area contributed by atoms with E-state index in [0.717, 1.165) is 0 Å². The number of aromatic nitrogens is 2. The lowest BCUT2D eigenvalue weighted by Crippen LogP contribution is -2.22. The van der Waals surface area contributed by atoms with Crippen LogP contribution in [0.5, 0.6) is 5.75 Å². The van der Waals surface area contributed by atoms with E-state index in [-0.39, 0.29) is 16.2 Å². The Labute approximate surface area is 187 Å². The maximum atomic E-state index is 12.9. The fourth-order valence-corrected chi connectivity index (χ4v) is 5.06. The van der Waals surface area contributed by atoms with Gasteiger partial charge in [0.15, 0.2) is 0 Å². The van der Waals surface area contributed by atoms with Crippen LogP contribution in [0.1, 0.15) is 5.82 Å². The Balaban J connectivity index is 1.69. The van der Waals surface area contributed by atoms with Crippen LogP contribution in [0.15, 0.2) is 80.9 Å². The fourth-order valence-electron chi connectivity index (χ4n) is 3.30. The van der Waals surface area contributed by atoms with Crippen LogP contribution in [0.4, 0.5) is 5.69 Å². The van der Waals surface area contributed by atoms with Crippen LogP contribution in [0, 0.1) is 6.92 Å². The van der Waals surface area contributed by atoms with Crippen molar-refractivity contribution in [1.82, 2.24) is 9.55 Å². The van der Waals surface area contributed by atoms with Gasteiger partial charge in [-0.2, -0.15) is 0 Å². The second kappa shape index (κ2) is 8.16. The van der Waals surface area contributed by atoms with Crippen molar-refractivity contribution >= 4 is 42.5 Å². The fraction of sp³-hybridized carbons (Fsp3) is 0.0909. The number of methoxy groups -OCH3 is 1. The lowest BCUT2D eigenvalue weighted by Gasteiger charge is -2.14. The molecule has 0 amide bonds. The molecule has 0 aliphatic heterocycles. The molecular formula is C22H18BrN3O4S. The van der Waals surface area contributed by atoms with Gasteiger partial charge in [0.05, 0.1) is 23.7 Å². The third kappa shape index (κ3) is 4.06. The number of nitrogens with zero attached hydrogens (tertiary/aromatic N) is 2. The van der Waals surface area contributed by atoms with Gasteiger partial charge in [-0.15, -0.1) is 0 Å². The molecule has 0 unspecified atom stereocenters. The summed E-state index contributed by atoms with van der Waals surface area (Å²) in [6, 6.07) is 18.4. The van der Waals surface area contributed by atoms with Gasteiger partial charge in [0.1, 0.15) is 16.5 Å². The van der Waals surface area contributed by atoms with Gasteiger partial charge in [-0.05, 0) is 61.5 Å². The Morgan fingerprint density at radius 2 is 1.74 bits per heavy atom. The Morgan fingerprint density at radius 3 is 2.45 bits per heavy atom. The Hall–Kier alpha value is -3.17. The normalized spacial score (nSPS) is 11.5. The molecule has 3 aromatic carbocycles. The molecule has 4 rings (SSSR count). The van der Waals surface area contributed by atoms with E-state index in [1.54, 1.807) is 61.5 Å². The molecular weight excluding hydrogens is 482 g/mol. The van der Waals surface area contributed by atoms with Crippen LogP contribution < -0.4 is 15.0 Å².